The van der Waals surface area contributed by atoms with Crippen molar-refractivity contribution in [2.75, 3.05) is 39.5 Å². The molecule has 23 heavy (non-hydrogen) atoms. The molecule has 1 heterocycles. The molecule has 0 aromatic heterocycles. The van der Waals surface area contributed by atoms with E-state index in [4.69, 9.17) is 0 Å². The number of hydrogen-bond acceptors (Lipinski definition) is 4. The van der Waals surface area contributed by atoms with Crippen molar-refractivity contribution in [2.45, 2.75) is 18.8 Å². The first-order valence-corrected chi connectivity index (χ1v) is 9.37. The first kappa shape index (κ1) is 17.9. The molecule has 1 aromatic carbocycles. The lowest BCUT2D eigenvalue weighted by Gasteiger charge is -2.18. The van der Waals surface area contributed by atoms with Crippen LogP contribution in [-0.4, -0.2) is 68.2 Å². The summed E-state index contributed by atoms with van der Waals surface area (Å²) < 4.78 is 24.8. The fraction of sp³-hybridized carbons (Fsp3) is 0.562. The van der Waals surface area contributed by atoms with E-state index < -0.39 is 16.0 Å². The molecule has 6 nitrogen and oxygen atoms in total. The summed E-state index contributed by atoms with van der Waals surface area (Å²) in [5.41, 5.74) is 1.25. The minimum Gasteiger partial charge on any atom is -0.478 e. The van der Waals surface area contributed by atoms with Gasteiger partial charge in [-0.2, -0.15) is 0 Å². The zero-order valence-electron chi connectivity index (χ0n) is 13.6. The van der Waals surface area contributed by atoms with E-state index in [2.05, 4.69) is 4.90 Å². The van der Waals surface area contributed by atoms with Crippen LogP contribution in [-0.2, 0) is 10.0 Å². The second-order valence-corrected chi connectivity index (χ2v) is 8.43. The van der Waals surface area contributed by atoms with Crippen molar-refractivity contribution in [2.24, 2.45) is 0 Å². The van der Waals surface area contributed by atoms with Gasteiger partial charge in [-0.1, -0.05) is 18.2 Å². The van der Waals surface area contributed by atoms with E-state index in [-0.39, 0.29) is 11.7 Å². The third-order valence-corrected chi connectivity index (χ3v) is 6.25. The first-order chi connectivity index (χ1) is 10.8. The van der Waals surface area contributed by atoms with E-state index in [1.807, 2.05) is 12.1 Å². The zero-order chi connectivity index (χ0) is 17.0. The number of benzene rings is 1. The maximum Gasteiger partial charge on any atom is 0.335 e. The molecule has 2 rings (SSSR count). The third-order valence-electron chi connectivity index (χ3n) is 4.34. The number of sulfonamides is 1. The fourth-order valence-corrected chi connectivity index (χ4v) is 3.85. The van der Waals surface area contributed by atoms with Crippen molar-refractivity contribution in [1.29, 1.82) is 0 Å². The molecule has 1 saturated heterocycles. The Morgan fingerprint density at radius 3 is 2.70 bits per heavy atom. The molecule has 1 aliphatic rings. The summed E-state index contributed by atoms with van der Waals surface area (Å²) >= 11 is 0. The summed E-state index contributed by atoms with van der Waals surface area (Å²) in [6, 6.07) is 7.14. The van der Waals surface area contributed by atoms with E-state index in [0.717, 1.165) is 31.6 Å². The average Bonchev–Trinajstić information content (AvgIpc) is 2.95. The van der Waals surface area contributed by atoms with E-state index in [0.29, 0.717) is 12.0 Å². The summed E-state index contributed by atoms with van der Waals surface area (Å²) in [6.45, 7) is 2.38. The summed E-state index contributed by atoms with van der Waals surface area (Å²) in [5, 5.41) is 9.29. The molecule has 0 amide bonds. The summed E-state index contributed by atoms with van der Waals surface area (Å²) in [5.74, 6) is -0.545. The molecule has 1 unspecified atom stereocenters. The summed E-state index contributed by atoms with van der Waals surface area (Å²) in [7, 11) is -0.0532. The van der Waals surface area contributed by atoms with Crippen LogP contribution < -0.4 is 0 Å². The van der Waals surface area contributed by atoms with Crippen LogP contribution in [0.1, 0.15) is 34.7 Å². The largest absolute Gasteiger partial charge is 0.478 e. The van der Waals surface area contributed by atoms with Gasteiger partial charge in [0, 0.05) is 20.6 Å². The Morgan fingerprint density at radius 1 is 1.35 bits per heavy atom. The van der Waals surface area contributed by atoms with Crippen LogP contribution in [0, 0.1) is 0 Å². The number of likely N-dealkylation sites (tertiary alicyclic amines) is 1. The van der Waals surface area contributed by atoms with Gasteiger partial charge in [0.25, 0.3) is 0 Å². The molecule has 1 aliphatic heterocycles. The fourth-order valence-electron chi connectivity index (χ4n) is 2.99. The smallest absolute Gasteiger partial charge is 0.335 e. The maximum atomic E-state index is 11.8. The molecule has 128 valence electrons. The number of nitrogens with zero attached hydrogens (tertiary/aromatic N) is 2. The Bertz CT molecular complexity index is 658. The van der Waals surface area contributed by atoms with Gasteiger partial charge in [-0.25, -0.2) is 17.5 Å². The Balaban J connectivity index is 1.91. The highest BCUT2D eigenvalue weighted by atomic mass is 32.2. The van der Waals surface area contributed by atoms with Crippen molar-refractivity contribution < 1.29 is 18.3 Å². The van der Waals surface area contributed by atoms with Crippen LogP contribution >= 0.6 is 0 Å². The standard InChI is InChI=1S/C16H24N2O4S/c1-17(2)23(21,22)11-5-9-18-10-8-13(12-18)14-6-3-4-7-15(14)16(19)20/h3-4,6-7,13H,5,8-12H2,1-2H3,(H,19,20). The van der Waals surface area contributed by atoms with Crippen molar-refractivity contribution in [3.05, 3.63) is 35.4 Å². The second-order valence-electron chi connectivity index (χ2n) is 6.13. The highest BCUT2D eigenvalue weighted by molar-refractivity contribution is 7.89. The number of aromatic carboxylic acids is 1. The number of rotatable bonds is 7. The highest BCUT2D eigenvalue weighted by Gasteiger charge is 2.27. The first-order valence-electron chi connectivity index (χ1n) is 7.76. The van der Waals surface area contributed by atoms with Gasteiger partial charge in [0.05, 0.1) is 11.3 Å². The van der Waals surface area contributed by atoms with Crippen LogP contribution in [0.25, 0.3) is 0 Å². The Labute approximate surface area is 137 Å². The van der Waals surface area contributed by atoms with Crippen molar-refractivity contribution >= 4 is 16.0 Å². The summed E-state index contributed by atoms with van der Waals surface area (Å²) in [6.07, 6.45) is 1.50. The molecule has 0 radical (unpaired) electrons. The maximum absolute atomic E-state index is 11.8. The molecule has 0 spiro atoms. The van der Waals surface area contributed by atoms with E-state index in [1.165, 1.54) is 4.31 Å². The quantitative estimate of drug-likeness (QED) is 0.813. The van der Waals surface area contributed by atoms with Crippen molar-refractivity contribution in [3.8, 4) is 0 Å². The Hall–Kier alpha value is -1.44. The lowest BCUT2D eigenvalue weighted by atomic mass is 9.93. The van der Waals surface area contributed by atoms with Gasteiger partial charge in [0.2, 0.25) is 10.0 Å². The predicted molar refractivity (Wildman–Crippen MR) is 89.3 cm³/mol. The van der Waals surface area contributed by atoms with Crippen LogP contribution in [0.15, 0.2) is 24.3 Å². The van der Waals surface area contributed by atoms with Crippen LogP contribution in [0.4, 0.5) is 0 Å². The molecular weight excluding hydrogens is 316 g/mol. The number of carboxylic acid groups (broad SMARTS) is 1. The van der Waals surface area contributed by atoms with Crippen molar-refractivity contribution in [1.82, 2.24) is 9.21 Å². The predicted octanol–water partition coefficient (Wildman–Crippen LogP) is 1.46. The van der Waals surface area contributed by atoms with Gasteiger partial charge in [0.1, 0.15) is 0 Å². The normalized spacial score (nSPS) is 19.3. The third kappa shape index (κ3) is 4.53. The van der Waals surface area contributed by atoms with E-state index >= 15 is 0 Å². The molecular formula is C16H24N2O4S. The van der Waals surface area contributed by atoms with E-state index in [9.17, 15) is 18.3 Å². The van der Waals surface area contributed by atoms with Gasteiger partial charge in [-0.3, -0.25) is 0 Å². The minimum absolute atomic E-state index is 0.146. The van der Waals surface area contributed by atoms with Crippen molar-refractivity contribution in [3.63, 3.8) is 0 Å². The Kier molecular flexibility index (Phi) is 5.78. The van der Waals surface area contributed by atoms with Gasteiger partial charge in [0.15, 0.2) is 0 Å². The SMILES string of the molecule is CN(C)S(=O)(=O)CCCN1CCC(c2ccccc2C(=O)O)C1. The molecule has 7 heteroatoms. The van der Waals surface area contributed by atoms with Gasteiger partial charge in [-0.05, 0) is 43.5 Å². The molecule has 0 bridgehead atoms. The number of carboxylic acids is 1. The number of carbonyl (C=O) groups is 1. The molecule has 1 atom stereocenters. The second kappa shape index (κ2) is 7.42. The van der Waals surface area contributed by atoms with Gasteiger partial charge < -0.3 is 10.0 Å². The van der Waals surface area contributed by atoms with Crippen LogP contribution in [0.2, 0.25) is 0 Å². The van der Waals surface area contributed by atoms with Crippen LogP contribution in [0.5, 0.6) is 0 Å². The van der Waals surface area contributed by atoms with Gasteiger partial charge >= 0.3 is 5.97 Å². The molecule has 0 aliphatic carbocycles. The summed E-state index contributed by atoms with van der Waals surface area (Å²) in [4.78, 5) is 13.5. The lowest BCUT2D eigenvalue weighted by Crippen LogP contribution is -2.28. The molecule has 1 aromatic rings. The zero-order valence-corrected chi connectivity index (χ0v) is 14.4. The monoisotopic (exact) mass is 340 g/mol. The molecule has 0 saturated carbocycles. The molecule has 1 fully saturated rings. The van der Waals surface area contributed by atoms with Gasteiger partial charge in [-0.15, -0.1) is 0 Å². The number of hydrogen-bond donors (Lipinski definition) is 1. The minimum atomic E-state index is -3.14. The lowest BCUT2D eigenvalue weighted by molar-refractivity contribution is 0.0695. The van der Waals surface area contributed by atoms with Crippen LogP contribution in [0.3, 0.4) is 0 Å². The van der Waals surface area contributed by atoms with E-state index in [1.54, 1.807) is 26.2 Å². The average molecular weight is 340 g/mol. The Morgan fingerprint density at radius 2 is 2.04 bits per heavy atom. The highest BCUT2D eigenvalue weighted by Crippen LogP contribution is 2.29. The topological polar surface area (TPSA) is 77.9 Å². The molecule has 1 N–H and O–H groups in total.